The maximum Gasteiger partial charge on any atom is 0.414 e. The molecule has 5 nitrogen and oxygen atoms in total. The third kappa shape index (κ3) is 2.31. The van der Waals surface area contributed by atoms with E-state index in [-0.39, 0.29) is 4.83 Å². The molecule has 1 fully saturated rings. The Hall–Kier alpha value is -1.10. The standard InChI is InChI=1S/C16H16Br2N2O3/c1-15(8-17)7-16(9-19)11-6-4-3-5-10(11)12(18)13(22-2)20(16)14(21)23-15/h3-6,12-13H,7-8H2,1-2H3/t12-,13+,15-,16-/m1/s1. The Morgan fingerprint density at radius 1 is 1.52 bits per heavy atom. The number of hydrogen-bond acceptors (Lipinski definition) is 4. The molecule has 1 aromatic rings. The number of cyclic esters (lactones) is 1. The van der Waals surface area contributed by atoms with E-state index in [0.717, 1.165) is 11.1 Å². The maximum atomic E-state index is 12.7. The molecule has 2 aliphatic rings. The summed E-state index contributed by atoms with van der Waals surface area (Å²) in [7, 11) is 1.53. The van der Waals surface area contributed by atoms with E-state index in [1.807, 2.05) is 31.2 Å². The molecule has 0 bridgehead atoms. The van der Waals surface area contributed by atoms with Gasteiger partial charge in [0.1, 0.15) is 5.60 Å². The van der Waals surface area contributed by atoms with Gasteiger partial charge in [0.15, 0.2) is 11.8 Å². The number of ether oxygens (including phenoxy) is 2. The fourth-order valence-electron chi connectivity index (χ4n) is 3.48. The van der Waals surface area contributed by atoms with Crippen LogP contribution < -0.4 is 0 Å². The minimum atomic E-state index is -1.11. The molecule has 0 spiro atoms. The summed E-state index contributed by atoms with van der Waals surface area (Å²) in [6.45, 7) is 1.83. The number of nitrogens with zero attached hydrogens (tertiary/aromatic N) is 2. The van der Waals surface area contributed by atoms with Crippen molar-refractivity contribution in [1.82, 2.24) is 4.90 Å². The molecule has 2 aliphatic heterocycles. The Morgan fingerprint density at radius 3 is 2.83 bits per heavy atom. The van der Waals surface area contributed by atoms with E-state index < -0.39 is 23.5 Å². The van der Waals surface area contributed by atoms with Crippen molar-refractivity contribution in [2.45, 2.75) is 35.5 Å². The van der Waals surface area contributed by atoms with Crippen molar-refractivity contribution in [2.24, 2.45) is 0 Å². The first-order valence-corrected chi connectivity index (χ1v) is 9.22. The molecule has 7 heteroatoms. The van der Waals surface area contributed by atoms with Gasteiger partial charge in [-0.05, 0) is 18.1 Å². The fraction of sp³-hybridized carbons (Fsp3) is 0.500. The van der Waals surface area contributed by atoms with Crippen LogP contribution in [-0.4, -0.2) is 35.3 Å². The highest BCUT2D eigenvalue weighted by Gasteiger charge is 2.60. The number of carbonyl (C=O) groups excluding carboxylic acids is 1. The van der Waals surface area contributed by atoms with Crippen LogP contribution in [0.1, 0.15) is 29.3 Å². The van der Waals surface area contributed by atoms with Gasteiger partial charge in [0, 0.05) is 18.9 Å². The van der Waals surface area contributed by atoms with Crippen molar-refractivity contribution in [3.63, 3.8) is 0 Å². The number of benzene rings is 1. The largest absolute Gasteiger partial charge is 0.442 e. The van der Waals surface area contributed by atoms with Crippen molar-refractivity contribution in [3.05, 3.63) is 35.4 Å². The topological polar surface area (TPSA) is 62.6 Å². The number of alkyl halides is 2. The van der Waals surface area contributed by atoms with Gasteiger partial charge in [0.2, 0.25) is 0 Å². The fourth-order valence-corrected chi connectivity index (χ4v) is 4.64. The highest BCUT2D eigenvalue weighted by atomic mass is 79.9. The number of hydrogen-bond donors (Lipinski definition) is 0. The SMILES string of the molecule is CO[C@H]1[C@H](Br)c2ccccc2[C@]2(C#N)C[C@](C)(CBr)OC(=O)N12. The molecule has 0 radical (unpaired) electrons. The van der Waals surface area contributed by atoms with Gasteiger partial charge in [-0.1, -0.05) is 56.1 Å². The van der Waals surface area contributed by atoms with Crippen LogP contribution in [0.3, 0.4) is 0 Å². The molecular weight excluding hydrogens is 428 g/mol. The molecule has 23 heavy (non-hydrogen) atoms. The van der Waals surface area contributed by atoms with Gasteiger partial charge < -0.3 is 9.47 Å². The summed E-state index contributed by atoms with van der Waals surface area (Å²) in [6.07, 6.45) is -0.785. The predicted molar refractivity (Wildman–Crippen MR) is 91.3 cm³/mol. The minimum Gasteiger partial charge on any atom is -0.442 e. The molecular formula is C16H16Br2N2O3. The zero-order chi connectivity index (χ0) is 16.8. The van der Waals surface area contributed by atoms with Gasteiger partial charge in [0.05, 0.1) is 10.9 Å². The summed E-state index contributed by atoms with van der Waals surface area (Å²) in [5.74, 6) is 0. The summed E-state index contributed by atoms with van der Waals surface area (Å²) >= 11 is 7.01. The first kappa shape index (κ1) is 16.7. The Kier molecular flexibility index (Phi) is 4.20. The third-order valence-electron chi connectivity index (χ3n) is 4.49. The van der Waals surface area contributed by atoms with Crippen molar-refractivity contribution in [3.8, 4) is 6.07 Å². The van der Waals surface area contributed by atoms with Crippen LogP contribution in [0, 0.1) is 11.3 Å². The number of fused-ring (bicyclic) bond motifs is 3. The zero-order valence-electron chi connectivity index (χ0n) is 12.8. The highest BCUT2D eigenvalue weighted by molar-refractivity contribution is 9.09. The Bertz CT molecular complexity index is 692. The van der Waals surface area contributed by atoms with E-state index >= 15 is 0 Å². The molecule has 0 unspecified atom stereocenters. The van der Waals surface area contributed by atoms with Gasteiger partial charge in [-0.2, -0.15) is 5.26 Å². The van der Waals surface area contributed by atoms with Crippen molar-refractivity contribution < 1.29 is 14.3 Å². The second-order valence-corrected chi connectivity index (χ2v) is 7.63. The minimum absolute atomic E-state index is 0.231. The van der Waals surface area contributed by atoms with Crippen molar-refractivity contribution in [1.29, 1.82) is 5.26 Å². The number of carbonyl (C=O) groups is 1. The van der Waals surface area contributed by atoms with E-state index in [2.05, 4.69) is 37.9 Å². The Labute approximate surface area is 151 Å². The molecule has 4 atom stereocenters. The quantitative estimate of drug-likeness (QED) is 0.651. The Morgan fingerprint density at radius 2 is 2.22 bits per heavy atom. The zero-order valence-corrected chi connectivity index (χ0v) is 15.9. The molecule has 3 rings (SSSR count). The summed E-state index contributed by atoms with van der Waals surface area (Å²) < 4.78 is 11.1. The molecule has 0 aliphatic carbocycles. The van der Waals surface area contributed by atoms with Gasteiger partial charge >= 0.3 is 6.09 Å². The average molecular weight is 444 g/mol. The van der Waals surface area contributed by atoms with Gasteiger partial charge in [-0.3, -0.25) is 4.90 Å². The average Bonchev–Trinajstić information content (AvgIpc) is 2.56. The van der Waals surface area contributed by atoms with Crippen LogP contribution in [0.5, 0.6) is 0 Å². The van der Waals surface area contributed by atoms with E-state index in [0.29, 0.717) is 11.8 Å². The van der Waals surface area contributed by atoms with Crippen LogP contribution in [0.25, 0.3) is 0 Å². The first-order valence-electron chi connectivity index (χ1n) is 7.18. The summed E-state index contributed by atoms with van der Waals surface area (Å²) in [4.78, 5) is 13.9. The second kappa shape index (κ2) is 5.76. The smallest absolute Gasteiger partial charge is 0.414 e. The lowest BCUT2D eigenvalue weighted by Crippen LogP contribution is -2.66. The van der Waals surface area contributed by atoms with E-state index in [9.17, 15) is 10.1 Å². The van der Waals surface area contributed by atoms with Crippen molar-refractivity contribution >= 4 is 38.0 Å². The maximum absolute atomic E-state index is 12.7. The van der Waals surface area contributed by atoms with Crippen molar-refractivity contribution in [2.75, 3.05) is 12.4 Å². The summed E-state index contributed by atoms with van der Waals surface area (Å²) in [5.41, 5.74) is -0.0851. The predicted octanol–water partition coefficient (Wildman–Crippen LogP) is 3.82. The van der Waals surface area contributed by atoms with Gasteiger partial charge in [0.25, 0.3) is 0 Å². The number of rotatable bonds is 2. The van der Waals surface area contributed by atoms with Crippen LogP contribution in [0.15, 0.2) is 24.3 Å². The lowest BCUT2D eigenvalue weighted by molar-refractivity contribution is -0.138. The molecule has 0 N–H and O–H groups in total. The molecule has 0 aromatic heterocycles. The lowest BCUT2D eigenvalue weighted by Gasteiger charge is -2.54. The number of methoxy groups -OCH3 is 1. The van der Waals surface area contributed by atoms with E-state index in [1.54, 1.807) is 0 Å². The van der Waals surface area contributed by atoms with Gasteiger partial charge in [-0.15, -0.1) is 0 Å². The summed E-state index contributed by atoms with van der Waals surface area (Å²) in [6, 6.07) is 10.1. The van der Waals surface area contributed by atoms with Crippen LogP contribution in [-0.2, 0) is 15.0 Å². The van der Waals surface area contributed by atoms with Crippen LogP contribution in [0.4, 0.5) is 4.79 Å². The lowest BCUT2D eigenvalue weighted by atomic mass is 9.74. The molecule has 1 saturated heterocycles. The molecule has 0 saturated carbocycles. The van der Waals surface area contributed by atoms with Crippen LogP contribution >= 0.6 is 31.9 Å². The Balaban J connectivity index is 2.27. The van der Waals surface area contributed by atoms with Gasteiger partial charge in [-0.25, -0.2) is 4.79 Å². The third-order valence-corrected chi connectivity index (χ3v) is 6.62. The highest BCUT2D eigenvalue weighted by Crippen LogP contribution is 2.52. The number of halogens is 2. The van der Waals surface area contributed by atoms with E-state index in [4.69, 9.17) is 9.47 Å². The first-order chi connectivity index (χ1) is 10.9. The monoisotopic (exact) mass is 442 g/mol. The van der Waals surface area contributed by atoms with E-state index in [1.165, 1.54) is 12.0 Å². The molecule has 2 heterocycles. The van der Waals surface area contributed by atoms with Crippen LogP contribution in [0.2, 0.25) is 0 Å². The second-order valence-electron chi connectivity index (χ2n) is 6.09. The molecule has 122 valence electrons. The molecule has 1 amide bonds. The normalized spacial score (nSPS) is 35.8. The number of amides is 1. The molecule has 1 aromatic carbocycles. The summed E-state index contributed by atoms with van der Waals surface area (Å²) in [5, 5.41) is 10.5. The number of nitriles is 1.